The Hall–Kier alpha value is -2.13. The summed E-state index contributed by atoms with van der Waals surface area (Å²) in [5, 5.41) is 3.42. The molecule has 3 N–H and O–H groups in total. The molecule has 0 heterocycles. The van der Waals surface area contributed by atoms with Crippen LogP contribution in [0.5, 0.6) is 0 Å². The van der Waals surface area contributed by atoms with Crippen molar-refractivity contribution >= 4 is 5.91 Å². The Kier molecular flexibility index (Phi) is 4.91. The summed E-state index contributed by atoms with van der Waals surface area (Å²) in [6, 6.07) is 18.6. The second-order valence-corrected chi connectivity index (χ2v) is 4.87. The van der Waals surface area contributed by atoms with Crippen LogP contribution in [0.25, 0.3) is 0 Å². The van der Waals surface area contributed by atoms with Crippen molar-refractivity contribution in [1.82, 2.24) is 5.32 Å². The predicted molar refractivity (Wildman–Crippen MR) is 81.3 cm³/mol. The van der Waals surface area contributed by atoms with E-state index >= 15 is 0 Å². The largest absolute Gasteiger partial charge is 0.370 e. The number of hydrogen-bond donors (Lipinski definition) is 2. The molecule has 1 amide bonds. The Morgan fingerprint density at radius 2 is 1.75 bits per heavy atom. The quantitative estimate of drug-likeness (QED) is 0.846. The number of carbonyl (C=O) groups excluding carboxylic acids is 1. The average molecular weight is 268 g/mol. The minimum Gasteiger partial charge on any atom is -0.370 e. The van der Waals surface area contributed by atoms with Gasteiger partial charge in [0.15, 0.2) is 0 Å². The zero-order valence-corrected chi connectivity index (χ0v) is 11.7. The van der Waals surface area contributed by atoms with Crippen LogP contribution < -0.4 is 11.1 Å². The summed E-state index contributed by atoms with van der Waals surface area (Å²) >= 11 is 0. The van der Waals surface area contributed by atoms with E-state index in [1.807, 2.05) is 30.3 Å². The molecule has 0 spiro atoms. The van der Waals surface area contributed by atoms with Gasteiger partial charge >= 0.3 is 0 Å². The van der Waals surface area contributed by atoms with Crippen molar-refractivity contribution in [1.29, 1.82) is 0 Å². The van der Waals surface area contributed by atoms with Crippen molar-refractivity contribution in [3.8, 4) is 0 Å². The van der Waals surface area contributed by atoms with E-state index in [4.69, 9.17) is 5.73 Å². The second kappa shape index (κ2) is 6.87. The first-order valence-electron chi connectivity index (χ1n) is 6.80. The van der Waals surface area contributed by atoms with Gasteiger partial charge in [-0.25, -0.2) is 0 Å². The lowest BCUT2D eigenvalue weighted by molar-refractivity contribution is -0.117. The molecule has 0 aliphatic rings. The predicted octanol–water partition coefficient (Wildman–Crippen LogP) is 2.55. The molecule has 0 aromatic heterocycles. The van der Waals surface area contributed by atoms with E-state index < -0.39 is 0 Å². The molecule has 104 valence electrons. The molecular weight excluding hydrogens is 248 g/mol. The van der Waals surface area contributed by atoms with Crippen molar-refractivity contribution in [2.24, 2.45) is 5.73 Å². The number of aryl methyl sites for hydroxylation is 1. The van der Waals surface area contributed by atoms with Gasteiger partial charge in [-0.3, -0.25) is 4.79 Å². The van der Waals surface area contributed by atoms with Crippen LogP contribution in [-0.4, -0.2) is 12.5 Å². The number of nitrogens with two attached hydrogens (primary N) is 1. The number of rotatable bonds is 6. The maximum atomic E-state index is 10.9. The van der Waals surface area contributed by atoms with Gasteiger partial charge in [0.25, 0.3) is 0 Å². The zero-order valence-electron chi connectivity index (χ0n) is 11.7. The number of carbonyl (C=O) groups is 1. The van der Waals surface area contributed by atoms with Crippen molar-refractivity contribution in [3.05, 3.63) is 71.3 Å². The van der Waals surface area contributed by atoms with E-state index in [-0.39, 0.29) is 11.9 Å². The van der Waals surface area contributed by atoms with Gasteiger partial charge in [0.1, 0.15) is 0 Å². The number of hydrogen-bond acceptors (Lipinski definition) is 2. The molecule has 2 aromatic carbocycles. The lowest BCUT2D eigenvalue weighted by Crippen LogP contribution is -2.27. The smallest absolute Gasteiger partial charge is 0.218 e. The molecule has 3 heteroatoms. The molecule has 2 aromatic rings. The first kappa shape index (κ1) is 14.3. The Bertz CT molecular complexity index is 566. The van der Waals surface area contributed by atoms with Crippen LogP contribution >= 0.6 is 0 Å². The summed E-state index contributed by atoms with van der Waals surface area (Å²) < 4.78 is 0. The summed E-state index contributed by atoms with van der Waals surface area (Å²) in [5.41, 5.74) is 8.85. The SMILES string of the molecule is Cc1ccccc1C(NCCC(N)=O)c1ccccc1. The highest BCUT2D eigenvalue weighted by molar-refractivity contribution is 5.73. The van der Waals surface area contributed by atoms with Gasteiger partial charge in [0, 0.05) is 13.0 Å². The van der Waals surface area contributed by atoms with Crippen LogP contribution in [0.15, 0.2) is 54.6 Å². The first-order valence-corrected chi connectivity index (χ1v) is 6.80. The van der Waals surface area contributed by atoms with E-state index in [1.54, 1.807) is 0 Å². The van der Waals surface area contributed by atoms with Crippen LogP contribution in [0.4, 0.5) is 0 Å². The fourth-order valence-corrected chi connectivity index (χ4v) is 2.30. The third kappa shape index (κ3) is 3.68. The molecule has 1 unspecified atom stereocenters. The van der Waals surface area contributed by atoms with Crippen LogP contribution in [0.3, 0.4) is 0 Å². The molecule has 0 bridgehead atoms. The molecule has 0 aliphatic heterocycles. The van der Waals surface area contributed by atoms with Gasteiger partial charge in [-0.1, -0.05) is 54.6 Å². The Balaban J connectivity index is 2.25. The maximum Gasteiger partial charge on any atom is 0.218 e. The third-order valence-corrected chi connectivity index (χ3v) is 3.35. The molecule has 0 saturated heterocycles. The number of benzene rings is 2. The molecule has 0 aliphatic carbocycles. The molecule has 0 fully saturated rings. The molecule has 1 atom stereocenters. The molecule has 2 rings (SSSR count). The van der Waals surface area contributed by atoms with E-state index in [9.17, 15) is 4.79 Å². The lowest BCUT2D eigenvalue weighted by atomic mass is 9.95. The van der Waals surface area contributed by atoms with Gasteiger partial charge in [-0.05, 0) is 23.6 Å². The fourth-order valence-electron chi connectivity index (χ4n) is 2.30. The minimum absolute atomic E-state index is 0.0803. The van der Waals surface area contributed by atoms with Crippen LogP contribution in [0, 0.1) is 6.92 Å². The van der Waals surface area contributed by atoms with Crippen LogP contribution in [0.2, 0.25) is 0 Å². The molecule has 0 radical (unpaired) electrons. The van der Waals surface area contributed by atoms with E-state index in [0.717, 1.165) is 0 Å². The topological polar surface area (TPSA) is 55.1 Å². The first-order chi connectivity index (χ1) is 9.68. The highest BCUT2D eigenvalue weighted by Crippen LogP contribution is 2.24. The highest BCUT2D eigenvalue weighted by Gasteiger charge is 2.15. The van der Waals surface area contributed by atoms with Crippen molar-refractivity contribution in [3.63, 3.8) is 0 Å². The summed E-state index contributed by atoms with van der Waals surface area (Å²) in [6.45, 7) is 2.67. The monoisotopic (exact) mass is 268 g/mol. The van der Waals surface area contributed by atoms with Crippen LogP contribution in [-0.2, 0) is 4.79 Å². The van der Waals surface area contributed by atoms with Crippen molar-refractivity contribution < 1.29 is 4.79 Å². The zero-order chi connectivity index (χ0) is 14.4. The van der Waals surface area contributed by atoms with Gasteiger partial charge < -0.3 is 11.1 Å². The molecule has 20 heavy (non-hydrogen) atoms. The molecular formula is C17H20N2O. The Labute approximate surface area is 119 Å². The molecule has 3 nitrogen and oxygen atoms in total. The average Bonchev–Trinajstić information content (AvgIpc) is 2.45. The van der Waals surface area contributed by atoms with Crippen LogP contribution in [0.1, 0.15) is 29.2 Å². The number of amides is 1. The Morgan fingerprint density at radius 1 is 1.10 bits per heavy atom. The van der Waals surface area contributed by atoms with Gasteiger partial charge in [-0.2, -0.15) is 0 Å². The van der Waals surface area contributed by atoms with Crippen molar-refractivity contribution in [2.45, 2.75) is 19.4 Å². The minimum atomic E-state index is -0.283. The summed E-state index contributed by atoms with van der Waals surface area (Å²) in [7, 11) is 0. The van der Waals surface area contributed by atoms with E-state index in [1.165, 1.54) is 16.7 Å². The standard InChI is InChI=1S/C17H20N2O/c1-13-7-5-6-10-15(13)17(19-12-11-16(18)20)14-8-3-2-4-9-14/h2-10,17,19H,11-12H2,1H3,(H2,18,20). The second-order valence-electron chi connectivity index (χ2n) is 4.87. The van der Waals surface area contributed by atoms with Crippen molar-refractivity contribution in [2.75, 3.05) is 6.54 Å². The maximum absolute atomic E-state index is 10.9. The fraction of sp³-hybridized carbons (Fsp3) is 0.235. The van der Waals surface area contributed by atoms with E-state index in [0.29, 0.717) is 13.0 Å². The summed E-state index contributed by atoms with van der Waals surface area (Å²) in [5.74, 6) is -0.283. The Morgan fingerprint density at radius 3 is 2.40 bits per heavy atom. The van der Waals surface area contributed by atoms with E-state index in [2.05, 4.69) is 36.5 Å². The van der Waals surface area contributed by atoms with Gasteiger partial charge in [0.05, 0.1) is 6.04 Å². The van der Waals surface area contributed by atoms with Gasteiger partial charge in [0.2, 0.25) is 5.91 Å². The number of nitrogens with one attached hydrogen (secondary N) is 1. The highest BCUT2D eigenvalue weighted by atomic mass is 16.1. The normalized spacial score (nSPS) is 12.1. The summed E-state index contributed by atoms with van der Waals surface area (Å²) in [6.07, 6.45) is 0.342. The van der Waals surface area contributed by atoms with Gasteiger partial charge in [-0.15, -0.1) is 0 Å². The third-order valence-electron chi connectivity index (χ3n) is 3.35. The lowest BCUT2D eigenvalue weighted by Gasteiger charge is -2.21. The summed E-state index contributed by atoms with van der Waals surface area (Å²) in [4.78, 5) is 10.9. The number of primary amides is 1. The molecule has 0 saturated carbocycles.